The van der Waals surface area contributed by atoms with E-state index < -0.39 is 15.8 Å². The molecule has 0 saturated heterocycles. The number of anilines is 1. The molecule has 0 aromatic heterocycles. The molecule has 0 fully saturated rings. The van der Waals surface area contributed by atoms with Crippen molar-refractivity contribution >= 4 is 15.7 Å². The van der Waals surface area contributed by atoms with Crippen molar-refractivity contribution < 1.29 is 12.8 Å². The maximum Gasteiger partial charge on any atom is 0.238 e. The SMILES string of the molecule is C#CC(CCC)Nc1ccc(S(N)(=O)=O)cc1F. The van der Waals surface area contributed by atoms with E-state index in [2.05, 4.69) is 11.2 Å². The largest absolute Gasteiger partial charge is 0.369 e. The van der Waals surface area contributed by atoms with Crippen LogP contribution in [0.5, 0.6) is 0 Å². The average Bonchev–Trinajstić information content (AvgIpc) is 2.29. The number of nitrogens with one attached hydrogen (secondary N) is 1. The number of primary sulfonamides is 1. The number of rotatable bonds is 5. The Balaban J connectivity index is 2.97. The minimum absolute atomic E-state index is 0.166. The van der Waals surface area contributed by atoms with E-state index in [0.29, 0.717) is 6.42 Å². The Bertz CT molecular complexity index is 564. The van der Waals surface area contributed by atoms with Crippen LogP contribution in [0, 0.1) is 18.2 Å². The van der Waals surface area contributed by atoms with Crippen molar-refractivity contribution in [1.29, 1.82) is 0 Å². The molecule has 1 aromatic rings. The molecule has 0 bridgehead atoms. The summed E-state index contributed by atoms with van der Waals surface area (Å²) in [7, 11) is -3.89. The van der Waals surface area contributed by atoms with Crippen LogP contribution in [-0.2, 0) is 10.0 Å². The van der Waals surface area contributed by atoms with Gasteiger partial charge in [0, 0.05) is 0 Å². The Labute approximate surface area is 106 Å². The molecule has 0 aliphatic rings. The second kappa shape index (κ2) is 5.85. The maximum atomic E-state index is 13.7. The molecule has 4 nitrogen and oxygen atoms in total. The van der Waals surface area contributed by atoms with Crippen LogP contribution in [-0.4, -0.2) is 14.5 Å². The highest BCUT2D eigenvalue weighted by atomic mass is 32.2. The minimum Gasteiger partial charge on any atom is -0.369 e. The summed E-state index contributed by atoms with van der Waals surface area (Å²) in [5, 5.41) is 7.73. The second-order valence-electron chi connectivity index (χ2n) is 3.84. The Morgan fingerprint density at radius 1 is 1.56 bits per heavy atom. The van der Waals surface area contributed by atoms with Crippen LogP contribution in [0.3, 0.4) is 0 Å². The molecule has 0 radical (unpaired) electrons. The summed E-state index contributed by atoms with van der Waals surface area (Å²) in [4.78, 5) is -0.265. The summed E-state index contributed by atoms with van der Waals surface area (Å²) in [5.74, 6) is 1.81. The monoisotopic (exact) mass is 270 g/mol. The van der Waals surface area contributed by atoms with Gasteiger partial charge in [-0.3, -0.25) is 0 Å². The van der Waals surface area contributed by atoms with Crippen LogP contribution in [0.2, 0.25) is 0 Å². The summed E-state index contributed by atoms with van der Waals surface area (Å²) in [6, 6.07) is 3.14. The molecule has 0 amide bonds. The fourth-order valence-electron chi connectivity index (χ4n) is 1.46. The zero-order valence-electron chi connectivity index (χ0n) is 9.98. The van der Waals surface area contributed by atoms with Gasteiger partial charge in [0.05, 0.1) is 16.6 Å². The molecular weight excluding hydrogens is 255 g/mol. The Hall–Kier alpha value is -1.58. The highest BCUT2D eigenvalue weighted by molar-refractivity contribution is 7.89. The third-order valence-corrected chi connectivity index (χ3v) is 3.29. The van der Waals surface area contributed by atoms with Crippen molar-refractivity contribution in [2.45, 2.75) is 30.7 Å². The van der Waals surface area contributed by atoms with Crippen LogP contribution in [0.25, 0.3) is 0 Å². The molecule has 1 rings (SSSR count). The summed E-state index contributed by atoms with van der Waals surface area (Å²) < 4.78 is 35.7. The number of hydrogen-bond donors (Lipinski definition) is 2. The fraction of sp³-hybridized carbons (Fsp3) is 0.333. The first kappa shape index (κ1) is 14.5. The van der Waals surface area contributed by atoms with Crippen LogP contribution < -0.4 is 10.5 Å². The third kappa shape index (κ3) is 3.72. The summed E-state index contributed by atoms with van der Waals surface area (Å²) >= 11 is 0. The standard InChI is InChI=1S/C12H15FN2O2S/c1-3-5-9(4-2)15-12-7-6-10(8-11(12)13)18(14,16)17/h2,6-9,15H,3,5H2,1H3,(H2,14,16,17). The van der Waals surface area contributed by atoms with E-state index in [1.165, 1.54) is 12.1 Å². The van der Waals surface area contributed by atoms with Crippen molar-refractivity contribution in [3.8, 4) is 12.3 Å². The molecule has 6 heteroatoms. The fourth-order valence-corrected chi connectivity index (χ4v) is 1.99. The Morgan fingerprint density at radius 2 is 2.22 bits per heavy atom. The predicted octanol–water partition coefficient (Wildman–Crippen LogP) is 1.69. The van der Waals surface area contributed by atoms with Crippen LogP contribution >= 0.6 is 0 Å². The van der Waals surface area contributed by atoms with E-state index in [4.69, 9.17) is 11.6 Å². The maximum absolute atomic E-state index is 13.7. The normalized spacial score (nSPS) is 12.8. The topological polar surface area (TPSA) is 72.2 Å². The van der Waals surface area contributed by atoms with Crippen molar-refractivity contribution in [2.24, 2.45) is 5.14 Å². The summed E-state index contributed by atoms with van der Waals surface area (Å²) in [6.45, 7) is 1.96. The first-order valence-electron chi connectivity index (χ1n) is 5.43. The molecule has 98 valence electrons. The van der Waals surface area contributed by atoms with Crippen molar-refractivity contribution in [1.82, 2.24) is 0 Å². The second-order valence-corrected chi connectivity index (χ2v) is 5.40. The van der Waals surface area contributed by atoms with Crippen molar-refractivity contribution in [2.75, 3.05) is 5.32 Å². The Kier molecular flexibility index (Phi) is 4.70. The number of halogens is 1. The zero-order valence-corrected chi connectivity index (χ0v) is 10.8. The molecule has 1 aromatic carbocycles. The minimum atomic E-state index is -3.89. The quantitative estimate of drug-likeness (QED) is 0.800. The van der Waals surface area contributed by atoms with E-state index in [-0.39, 0.29) is 16.6 Å². The zero-order chi connectivity index (χ0) is 13.8. The molecule has 1 unspecified atom stereocenters. The van der Waals surface area contributed by atoms with Gasteiger partial charge in [-0.2, -0.15) is 0 Å². The number of benzene rings is 1. The van der Waals surface area contributed by atoms with Gasteiger partial charge in [0.1, 0.15) is 5.82 Å². The molecule has 3 N–H and O–H groups in total. The van der Waals surface area contributed by atoms with E-state index >= 15 is 0 Å². The molecular formula is C12H15FN2O2S. The summed E-state index contributed by atoms with van der Waals surface area (Å²) in [5.41, 5.74) is 0.166. The molecule has 0 spiro atoms. The van der Waals surface area contributed by atoms with E-state index in [1.807, 2.05) is 6.92 Å². The molecule has 18 heavy (non-hydrogen) atoms. The predicted molar refractivity (Wildman–Crippen MR) is 68.9 cm³/mol. The highest BCUT2D eigenvalue weighted by Crippen LogP contribution is 2.19. The highest BCUT2D eigenvalue weighted by Gasteiger charge is 2.13. The number of nitrogens with two attached hydrogens (primary N) is 1. The van der Waals surface area contributed by atoms with Gasteiger partial charge in [0.2, 0.25) is 10.0 Å². The third-order valence-electron chi connectivity index (χ3n) is 2.38. The smallest absolute Gasteiger partial charge is 0.238 e. The lowest BCUT2D eigenvalue weighted by Crippen LogP contribution is -2.18. The number of sulfonamides is 1. The molecule has 1 atom stereocenters. The van der Waals surface area contributed by atoms with Crippen LogP contribution in [0.15, 0.2) is 23.1 Å². The van der Waals surface area contributed by atoms with Crippen LogP contribution in [0.4, 0.5) is 10.1 Å². The van der Waals surface area contributed by atoms with Crippen LogP contribution in [0.1, 0.15) is 19.8 Å². The lowest BCUT2D eigenvalue weighted by Gasteiger charge is -2.14. The number of terminal acetylenes is 1. The Morgan fingerprint density at radius 3 is 2.67 bits per heavy atom. The van der Waals surface area contributed by atoms with Gasteiger partial charge in [0.25, 0.3) is 0 Å². The molecule has 0 heterocycles. The number of hydrogen-bond acceptors (Lipinski definition) is 3. The molecule has 0 aliphatic carbocycles. The van der Waals surface area contributed by atoms with E-state index in [9.17, 15) is 12.8 Å². The van der Waals surface area contributed by atoms with Gasteiger partial charge in [-0.05, 0) is 24.6 Å². The lowest BCUT2D eigenvalue weighted by molar-refractivity contribution is 0.592. The lowest BCUT2D eigenvalue weighted by atomic mass is 10.1. The van der Waals surface area contributed by atoms with Crippen molar-refractivity contribution in [3.63, 3.8) is 0 Å². The average molecular weight is 270 g/mol. The van der Waals surface area contributed by atoms with Gasteiger partial charge in [-0.1, -0.05) is 19.3 Å². The molecule has 0 aliphatic heterocycles. The van der Waals surface area contributed by atoms with Gasteiger partial charge >= 0.3 is 0 Å². The first-order chi connectivity index (χ1) is 8.38. The molecule has 0 saturated carbocycles. The first-order valence-corrected chi connectivity index (χ1v) is 6.98. The van der Waals surface area contributed by atoms with E-state index in [0.717, 1.165) is 12.5 Å². The van der Waals surface area contributed by atoms with Gasteiger partial charge < -0.3 is 5.32 Å². The van der Waals surface area contributed by atoms with E-state index in [1.54, 1.807) is 0 Å². The summed E-state index contributed by atoms with van der Waals surface area (Å²) in [6.07, 6.45) is 6.87. The van der Waals surface area contributed by atoms with Crippen molar-refractivity contribution in [3.05, 3.63) is 24.0 Å². The van der Waals surface area contributed by atoms with Gasteiger partial charge in [-0.15, -0.1) is 6.42 Å². The van der Waals surface area contributed by atoms with Gasteiger partial charge in [0.15, 0.2) is 0 Å². The van der Waals surface area contributed by atoms with Gasteiger partial charge in [-0.25, -0.2) is 17.9 Å².